The van der Waals surface area contributed by atoms with Gasteiger partial charge in [0, 0.05) is 19.1 Å². The molecule has 0 unspecified atom stereocenters. The van der Waals surface area contributed by atoms with Crippen LogP contribution in [0.5, 0.6) is 0 Å². The zero-order chi connectivity index (χ0) is 17.8. The number of rotatable bonds is 5. The van der Waals surface area contributed by atoms with Gasteiger partial charge in [-0.2, -0.15) is 5.10 Å². The molecule has 134 valence electrons. The Balaban J connectivity index is 1.70. The van der Waals surface area contributed by atoms with Gasteiger partial charge in [0.15, 0.2) is 0 Å². The molecule has 25 heavy (non-hydrogen) atoms. The van der Waals surface area contributed by atoms with Gasteiger partial charge in [-0.25, -0.2) is 4.68 Å². The number of hydrogen-bond acceptors (Lipinski definition) is 3. The van der Waals surface area contributed by atoms with Crippen molar-refractivity contribution in [3.8, 4) is 5.69 Å². The highest BCUT2D eigenvalue weighted by Crippen LogP contribution is 2.19. The fraction of sp³-hybridized carbons (Fsp3) is 0.500. The van der Waals surface area contributed by atoms with E-state index in [2.05, 4.69) is 22.2 Å². The Labute approximate surface area is 150 Å². The Bertz CT molecular complexity index is 715. The third-order valence-electron chi connectivity index (χ3n) is 4.98. The lowest BCUT2D eigenvalue weighted by atomic mass is 10.0. The molecular weight excluding hydrogens is 312 g/mol. The first kappa shape index (κ1) is 17.7. The molecule has 5 nitrogen and oxygen atoms in total. The number of aryl methyl sites for hydroxylation is 1. The normalized spacial score (nSPS) is 16.1. The molecule has 1 aromatic heterocycles. The van der Waals surface area contributed by atoms with Crippen molar-refractivity contribution in [3.05, 3.63) is 47.3 Å². The van der Waals surface area contributed by atoms with Crippen LogP contribution in [0.3, 0.4) is 0 Å². The van der Waals surface area contributed by atoms with Crippen LogP contribution in [0, 0.1) is 13.8 Å². The quantitative estimate of drug-likeness (QED) is 0.910. The molecule has 0 saturated carbocycles. The second-order valence-corrected chi connectivity index (χ2v) is 6.88. The number of hydrogen-bond donors (Lipinski definition) is 1. The summed E-state index contributed by atoms with van der Waals surface area (Å²) in [6.07, 6.45) is 3.24. The van der Waals surface area contributed by atoms with Gasteiger partial charge in [0.05, 0.1) is 22.6 Å². The molecule has 1 N–H and O–H groups in total. The minimum absolute atomic E-state index is 0.00567. The third kappa shape index (κ3) is 3.93. The summed E-state index contributed by atoms with van der Waals surface area (Å²) < 4.78 is 1.86. The zero-order valence-corrected chi connectivity index (χ0v) is 15.5. The summed E-state index contributed by atoms with van der Waals surface area (Å²) in [6, 6.07) is 10.2. The molecule has 1 saturated heterocycles. The molecule has 0 radical (unpaired) electrons. The van der Waals surface area contributed by atoms with E-state index >= 15 is 0 Å². The van der Waals surface area contributed by atoms with E-state index in [1.165, 1.54) is 6.42 Å². The van der Waals surface area contributed by atoms with Crippen molar-refractivity contribution in [3.63, 3.8) is 0 Å². The topological polar surface area (TPSA) is 50.2 Å². The standard InChI is InChI=1S/C20H28N4O/c1-4-12-23-13-10-17(11-14-23)21-20(25)19-15(2)22-24(16(19)3)18-8-6-5-7-9-18/h5-9,17H,4,10-14H2,1-3H3,(H,21,25). The van der Waals surface area contributed by atoms with E-state index in [0.717, 1.165) is 49.6 Å². The van der Waals surface area contributed by atoms with Crippen molar-refractivity contribution < 1.29 is 4.79 Å². The maximum absolute atomic E-state index is 12.8. The van der Waals surface area contributed by atoms with E-state index in [-0.39, 0.29) is 11.9 Å². The van der Waals surface area contributed by atoms with Gasteiger partial charge in [-0.15, -0.1) is 0 Å². The Morgan fingerprint density at radius 2 is 1.88 bits per heavy atom. The Hall–Kier alpha value is -2.14. The van der Waals surface area contributed by atoms with Crippen molar-refractivity contribution in [1.82, 2.24) is 20.0 Å². The average molecular weight is 340 g/mol. The average Bonchev–Trinajstić information content (AvgIpc) is 2.92. The molecule has 0 aliphatic carbocycles. The summed E-state index contributed by atoms with van der Waals surface area (Å²) >= 11 is 0. The zero-order valence-electron chi connectivity index (χ0n) is 15.5. The van der Waals surface area contributed by atoms with Gasteiger partial charge in [-0.1, -0.05) is 25.1 Å². The second-order valence-electron chi connectivity index (χ2n) is 6.88. The van der Waals surface area contributed by atoms with E-state index in [0.29, 0.717) is 5.56 Å². The van der Waals surface area contributed by atoms with Crippen LogP contribution in [0.4, 0.5) is 0 Å². The number of piperidine rings is 1. The van der Waals surface area contributed by atoms with Crippen LogP contribution in [0.1, 0.15) is 47.9 Å². The summed E-state index contributed by atoms with van der Waals surface area (Å²) in [5.41, 5.74) is 3.36. The summed E-state index contributed by atoms with van der Waals surface area (Å²) in [5.74, 6) is 0.00567. The summed E-state index contributed by atoms with van der Waals surface area (Å²) in [4.78, 5) is 15.3. The fourth-order valence-electron chi connectivity index (χ4n) is 3.67. The first-order valence-corrected chi connectivity index (χ1v) is 9.25. The number of nitrogens with zero attached hydrogens (tertiary/aromatic N) is 3. The number of benzene rings is 1. The maximum Gasteiger partial charge on any atom is 0.255 e. The molecule has 2 aromatic rings. The molecular formula is C20H28N4O. The molecule has 0 bridgehead atoms. The fourth-order valence-corrected chi connectivity index (χ4v) is 3.67. The number of carbonyl (C=O) groups excluding carboxylic acids is 1. The summed E-state index contributed by atoms with van der Waals surface area (Å²) in [6.45, 7) is 9.38. The van der Waals surface area contributed by atoms with Crippen LogP contribution in [0.2, 0.25) is 0 Å². The van der Waals surface area contributed by atoms with E-state index in [1.54, 1.807) is 0 Å². The molecule has 1 fully saturated rings. The van der Waals surface area contributed by atoms with Crippen molar-refractivity contribution in [2.24, 2.45) is 0 Å². The highest BCUT2D eigenvalue weighted by molar-refractivity contribution is 5.96. The van der Waals surface area contributed by atoms with E-state index in [9.17, 15) is 4.79 Å². The molecule has 0 spiro atoms. The predicted molar refractivity (Wildman–Crippen MR) is 100 cm³/mol. The van der Waals surface area contributed by atoms with Gasteiger partial charge in [-0.05, 0) is 51.8 Å². The van der Waals surface area contributed by atoms with E-state index in [4.69, 9.17) is 0 Å². The van der Waals surface area contributed by atoms with Gasteiger partial charge < -0.3 is 10.2 Å². The van der Waals surface area contributed by atoms with E-state index in [1.807, 2.05) is 48.9 Å². The Morgan fingerprint density at radius 1 is 1.20 bits per heavy atom. The van der Waals surface area contributed by atoms with Crippen LogP contribution < -0.4 is 5.32 Å². The molecule has 5 heteroatoms. The summed E-state index contributed by atoms with van der Waals surface area (Å²) in [7, 11) is 0. The number of carbonyl (C=O) groups is 1. The van der Waals surface area contributed by atoms with Gasteiger partial charge in [-0.3, -0.25) is 4.79 Å². The van der Waals surface area contributed by atoms with Gasteiger partial charge >= 0.3 is 0 Å². The first-order chi connectivity index (χ1) is 12.1. The number of aromatic nitrogens is 2. The Kier molecular flexibility index (Phi) is 5.53. The molecule has 1 aliphatic heterocycles. The SMILES string of the molecule is CCCN1CCC(NC(=O)c2c(C)nn(-c3ccccc3)c2C)CC1. The molecule has 2 heterocycles. The number of para-hydroxylation sites is 1. The van der Waals surface area contributed by atoms with Gasteiger partial charge in [0.2, 0.25) is 0 Å². The monoisotopic (exact) mass is 340 g/mol. The Morgan fingerprint density at radius 3 is 2.52 bits per heavy atom. The van der Waals surface area contributed by atoms with Crippen molar-refractivity contribution in [2.45, 2.75) is 46.1 Å². The largest absolute Gasteiger partial charge is 0.349 e. The van der Waals surface area contributed by atoms with Crippen LogP contribution in [0.25, 0.3) is 5.69 Å². The third-order valence-corrected chi connectivity index (χ3v) is 4.98. The van der Waals surface area contributed by atoms with Crippen molar-refractivity contribution in [1.29, 1.82) is 0 Å². The summed E-state index contributed by atoms with van der Waals surface area (Å²) in [5, 5.41) is 7.80. The molecule has 1 amide bonds. The van der Waals surface area contributed by atoms with Gasteiger partial charge in [0.25, 0.3) is 5.91 Å². The predicted octanol–water partition coefficient (Wildman–Crippen LogP) is 3.09. The number of likely N-dealkylation sites (tertiary alicyclic amines) is 1. The highest BCUT2D eigenvalue weighted by Gasteiger charge is 2.24. The molecule has 1 aliphatic rings. The maximum atomic E-state index is 12.8. The number of amides is 1. The van der Waals surface area contributed by atoms with Gasteiger partial charge in [0.1, 0.15) is 0 Å². The first-order valence-electron chi connectivity index (χ1n) is 9.25. The lowest BCUT2D eigenvalue weighted by Crippen LogP contribution is -2.45. The lowest BCUT2D eigenvalue weighted by molar-refractivity contribution is 0.0910. The lowest BCUT2D eigenvalue weighted by Gasteiger charge is -2.32. The molecule has 3 rings (SSSR count). The highest BCUT2D eigenvalue weighted by atomic mass is 16.1. The minimum Gasteiger partial charge on any atom is -0.349 e. The second kappa shape index (κ2) is 7.83. The van der Waals surface area contributed by atoms with Crippen LogP contribution >= 0.6 is 0 Å². The van der Waals surface area contributed by atoms with E-state index < -0.39 is 0 Å². The van der Waals surface area contributed by atoms with Crippen LogP contribution in [-0.2, 0) is 0 Å². The molecule has 0 atom stereocenters. The number of nitrogens with one attached hydrogen (secondary N) is 1. The van der Waals surface area contributed by atoms with Crippen molar-refractivity contribution >= 4 is 5.91 Å². The van der Waals surface area contributed by atoms with Crippen LogP contribution in [0.15, 0.2) is 30.3 Å². The molecule has 1 aromatic carbocycles. The van der Waals surface area contributed by atoms with Crippen molar-refractivity contribution in [2.75, 3.05) is 19.6 Å². The minimum atomic E-state index is 0.00567. The smallest absolute Gasteiger partial charge is 0.255 e. The van der Waals surface area contributed by atoms with Crippen LogP contribution in [-0.4, -0.2) is 46.3 Å².